The van der Waals surface area contributed by atoms with Gasteiger partial charge in [0.1, 0.15) is 0 Å². The maximum atomic E-state index is 11.6. The molecule has 1 spiro atoms. The normalized spacial score (nSPS) is 23.8. The van der Waals surface area contributed by atoms with Crippen LogP contribution in [0.5, 0.6) is 0 Å². The van der Waals surface area contributed by atoms with Crippen molar-refractivity contribution in [3.8, 4) is 0 Å². The zero-order chi connectivity index (χ0) is 20.9. The zero-order valence-electron chi connectivity index (χ0n) is 17.9. The van der Waals surface area contributed by atoms with Gasteiger partial charge in [-0.15, -0.1) is 0 Å². The predicted octanol–water partition coefficient (Wildman–Crippen LogP) is 2.93. The van der Waals surface area contributed by atoms with E-state index in [1.54, 1.807) is 12.1 Å². The van der Waals surface area contributed by atoms with Crippen molar-refractivity contribution in [2.45, 2.75) is 69.4 Å². The van der Waals surface area contributed by atoms with Crippen LogP contribution in [0, 0.1) is 5.41 Å². The number of hydrogen-bond donors (Lipinski definition) is 2. The lowest BCUT2D eigenvalue weighted by molar-refractivity contribution is -0.125. The second-order valence-corrected chi connectivity index (χ2v) is 10.3. The highest BCUT2D eigenvalue weighted by atomic mass is 32.2. The van der Waals surface area contributed by atoms with Crippen LogP contribution in [-0.2, 0) is 21.0 Å². The third kappa shape index (κ3) is 5.12. The average molecular weight is 422 g/mol. The molecule has 0 bridgehead atoms. The third-order valence-electron chi connectivity index (χ3n) is 6.36. The summed E-state index contributed by atoms with van der Waals surface area (Å²) < 4.78 is 29.2. The van der Waals surface area contributed by atoms with Crippen molar-refractivity contribution in [1.82, 2.24) is 10.6 Å². The monoisotopic (exact) mass is 421 g/mol. The minimum atomic E-state index is -3.15. The van der Waals surface area contributed by atoms with Crippen LogP contribution in [0.15, 0.2) is 34.2 Å². The molecule has 2 fully saturated rings. The largest absolute Gasteiger partial charge is 0.378 e. The van der Waals surface area contributed by atoms with Gasteiger partial charge >= 0.3 is 0 Å². The maximum absolute atomic E-state index is 11.6. The fourth-order valence-electron chi connectivity index (χ4n) is 4.77. The summed E-state index contributed by atoms with van der Waals surface area (Å²) in [6.45, 7) is 6.42. The van der Waals surface area contributed by atoms with E-state index in [0.29, 0.717) is 23.6 Å². The van der Waals surface area contributed by atoms with Crippen LogP contribution in [-0.4, -0.2) is 52.5 Å². The lowest BCUT2D eigenvalue weighted by atomic mass is 9.60. The van der Waals surface area contributed by atoms with Gasteiger partial charge in [-0.3, -0.25) is 4.99 Å². The van der Waals surface area contributed by atoms with Gasteiger partial charge in [-0.2, -0.15) is 0 Å². The lowest BCUT2D eigenvalue weighted by Gasteiger charge is -2.54. The van der Waals surface area contributed by atoms with Crippen molar-refractivity contribution < 1.29 is 13.2 Å². The molecule has 0 heterocycles. The molecule has 3 rings (SSSR count). The molecule has 0 saturated heterocycles. The molecule has 2 unspecified atom stereocenters. The summed E-state index contributed by atoms with van der Waals surface area (Å²) >= 11 is 0. The number of hydrogen-bond acceptors (Lipinski definition) is 4. The van der Waals surface area contributed by atoms with E-state index in [9.17, 15) is 8.42 Å². The molecule has 0 amide bonds. The number of ether oxygens (including phenoxy) is 1. The number of benzene rings is 1. The van der Waals surface area contributed by atoms with Gasteiger partial charge in [-0.05, 0) is 57.2 Å². The third-order valence-corrected chi connectivity index (χ3v) is 7.49. The highest BCUT2D eigenvalue weighted by Gasteiger charge is 2.56. The number of guanidine groups is 1. The molecule has 1 aromatic carbocycles. The topological polar surface area (TPSA) is 79.8 Å². The quantitative estimate of drug-likeness (QED) is 0.498. The minimum absolute atomic E-state index is 0.272. The Morgan fingerprint density at radius 1 is 1.21 bits per heavy atom. The highest BCUT2D eigenvalue weighted by molar-refractivity contribution is 7.90. The Morgan fingerprint density at radius 2 is 1.90 bits per heavy atom. The Labute approximate surface area is 175 Å². The van der Waals surface area contributed by atoms with Gasteiger partial charge in [0.25, 0.3) is 0 Å². The van der Waals surface area contributed by atoms with Crippen molar-refractivity contribution >= 4 is 15.8 Å². The van der Waals surface area contributed by atoms with Crippen LogP contribution >= 0.6 is 0 Å². The van der Waals surface area contributed by atoms with Gasteiger partial charge in [0.05, 0.1) is 11.0 Å². The molecule has 7 heteroatoms. The van der Waals surface area contributed by atoms with E-state index < -0.39 is 9.84 Å². The molecule has 0 aromatic heterocycles. The smallest absolute Gasteiger partial charge is 0.191 e. The molecule has 1 aromatic rings. The van der Waals surface area contributed by atoms with Crippen LogP contribution in [0.2, 0.25) is 0 Å². The van der Waals surface area contributed by atoms with Gasteiger partial charge in [0.2, 0.25) is 0 Å². The first-order valence-corrected chi connectivity index (χ1v) is 12.7. The number of aliphatic imine (C=N–C) groups is 1. The minimum Gasteiger partial charge on any atom is -0.378 e. The van der Waals surface area contributed by atoms with E-state index in [-0.39, 0.29) is 5.41 Å². The molecule has 2 saturated carbocycles. The van der Waals surface area contributed by atoms with E-state index in [4.69, 9.17) is 9.73 Å². The van der Waals surface area contributed by atoms with Crippen LogP contribution < -0.4 is 10.6 Å². The molecule has 6 nitrogen and oxygen atoms in total. The second-order valence-electron chi connectivity index (χ2n) is 8.24. The lowest BCUT2D eigenvalue weighted by Crippen LogP contribution is -2.65. The van der Waals surface area contributed by atoms with E-state index in [1.807, 2.05) is 12.1 Å². The molecule has 0 radical (unpaired) electrons. The highest BCUT2D eigenvalue weighted by Crippen LogP contribution is 2.54. The van der Waals surface area contributed by atoms with Gasteiger partial charge in [-0.25, -0.2) is 8.42 Å². The summed E-state index contributed by atoms with van der Waals surface area (Å²) in [5.74, 6) is 0.867. The Kier molecular flexibility index (Phi) is 7.22. The molecule has 0 aliphatic heterocycles. The molecular weight excluding hydrogens is 386 g/mol. The second kappa shape index (κ2) is 9.47. The van der Waals surface area contributed by atoms with Crippen LogP contribution in [0.3, 0.4) is 0 Å². The summed E-state index contributed by atoms with van der Waals surface area (Å²) in [7, 11) is -3.15. The number of nitrogens with one attached hydrogen (secondary N) is 2. The Bertz CT molecular complexity index is 799. The molecule has 2 aliphatic rings. The molecule has 2 atom stereocenters. The number of nitrogens with zero attached hydrogens (tertiary/aromatic N) is 1. The Hall–Kier alpha value is -1.60. The van der Waals surface area contributed by atoms with E-state index in [0.717, 1.165) is 37.5 Å². The summed E-state index contributed by atoms with van der Waals surface area (Å²) in [6, 6.07) is 7.51. The van der Waals surface area contributed by atoms with Crippen LogP contribution in [0.25, 0.3) is 0 Å². The Balaban J connectivity index is 1.59. The average Bonchev–Trinajstić information content (AvgIpc) is 3.20. The fraction of sp³-hybridized carbons (Fsp3) is 0.682. The molecule has 2 aliphatic carbocycles. The number of sulfone groups is 1. The maximum Gasteiger partial charge on any atom is 0.191 e. The first-order valence-electron chi connectivity index (χ1n) is 10.8. The summed E-state index contributed by atoms with van der Waals surface area (Å²) in [4.78, 5) is 5.12. The summed E-state index contributed by atoms with van der Waals surface area (Å²) in [5, 5.41) is 7.04. The van der Waals surface area contributed by atoms with Gasteiger partial charge < -0.3 is 15.4 Å². The molecular formula is C22H35N3O3S. The zero-order valence-corrected chi connectivity index (χ0v) is 18.7. The van der Waals surface area contributed by atoms with Crippen molar-refractivity contribution in [3.63, 3.8) is 0 Å². The Morgan fingerprint density at radius 3 is 2.48 bits per heavy atom. The summed E-state index contributed by atoms with van der Waals surface area (Å²) in [5.41, 5.74) is 1.36. The van der Waals surface area contributed by atoms with Crippen molar-refractivity contribution in [1.29, 1.82) is 0 Å². The van der Waals surface area contributed by atoms with Crippen molar-refractivity contribution in [2.24, 2.45) is 10.4 Å². The van der Waals surface area contributed by atoms with Crippen molar-refractivity contribution in [2.75, 3.05) is 26.0 Å². The molecule has 162 valence electrons. The van der Waals surface area contributed by atoms with Crippen LogP contribution in [0.4, 0.5) is 0 Å². The first kappa shape index (κ1) is 22.1. The molecule has 29 heavy (non-hydrogen) atoms. The van der Waals surface area contributed by atoms with Crippen LogP contribution in [0.1, 0.15) is 51.5 Å². The molecule has 2 N–H and O–H groups in total. The van der Waals surface area contributed by atoms with Gasteiger partial charge in [-0.1, -0.05) is 25.0 Å². The van der Waals surface area contributed by atoms with E-state index in [1.165, 1.54) is 31.9 Å². The standard InChI is InChI=1S/C22H35N3O3S/c1-4-23-21(24-15-12-17-8-10-18(11-9-17)29(3,26)27)25-19-16-20(28-5-2)22(19)13-6-7-14-22/h8-11,19-20H,4-7,12-16H2,1-3H3,(H2,23,24,25). The van der Waals surface area contributed by atoms with E-state index in [2.05, 4.69) is 24.5 Å². The first-order chi connectivity index (χ1) is 13.9. The SMILES string of the molecule is CCNC(=NCCc1ccc(S(C)(=O)=O)cc1)NC1CC(OCC)C12CCCC2. The summed E-state index contributed by atoms with van der Waals surface area (Å²) in [6.07, 6.45) is 8.49. The fourth-order valence-corrected chi connectivity index (χ4v) is 5.40. The van der Waals surface area contributed by atoms with Gasteiger partial charge in [0.15, 0.2) is 15.8 Å². The van der Waals surface area contributed by atoms with Gasteiger partial charge in [0, 0.05) is 37.4 Å². The van der Waals surface area contributed by atoms with E-state index >= 15 is 0 Å². The predicted molar refractivity (Wildman–Crippen MR) is 117 cm³/mol. The number of rotatable bonds is 8. The van der Waals surface area contributed by atoms with Crippen molar-refractivity contribution in [3.05, 3.63) is 29.8 Å².